The predicted octanol–water partition coefficient (Wildman–Crippen LogP) is -0.0511. The van der Waals surface area contributed by atoms with Crippen molar-refractivity contribution < 1.29 is 4.74 Å². The van der Waals surface area contributed by atoms with Gasteiger partial charge in [-0.15, -0.1) is 0 Å². The van der Waals surface area contributed by atoms with Crippen molar-refractivity contribution in [2.24, 2.45) is 5.92 Å². The number of rotatable bonds is 2. The number of hydrogen-bond donors (Lipinski definition) is 0. The average Bonchev–Trinajstić information content (AvgIpc) is 2.18. The van der Waals surface area contributed by atoms with Crippen molar-refractivity contribution in [3.63, 3.8) is 0 Å². The summed E-state index contributed by atoms with van der Waals surface area (Å²) in [6.07, 6.45) is 0. The zero-order chi connectivity index (χ0) is 10.3. The summed E-state index contributed by atoms with van der Waals surface area (Å²) < 4.78 is 4.63. The van der Waals surface area contributed by atoms with Crippen molar-refractivity contribution >= 4 is 29.6 Å². The molecule has 0 aliphatic heterocycles. The molecule has 0 aromatic carbocycles. The summed E-state index contributed by atoms with van der Waals surface area (Å²) in [4.78, 5) is 0. The molecule has 0 radical (unpaired) electrons. The van der Waals surface area contributed by atoms with Gasteiger partial charge < -0.3 is 4.74 Å². The summed E-state index contributed by atoms with van der Waals surface area (Å²) in [6.45, 7) is 0. The van der Waals surface area contributed by atoms with Crippen LogP contribution in [0.25, 0.3) is 0 Å². The van der Waals surface area contributed by atoms with E-state index in [-0.39, 0.29) is 40.9 Å². The molecule has 0 amide bonds. The molecule has 0 spiro atoms. The van der Waals surface area contributed by atoms with Crippen LogP contribution in [-0.4, -0.2) is 36.7 Å². The molecule has 0 aromatic heterocycles. The molecule has 0 aliphatic rings. The Hall–Kier alpha value is -1.50. The average molecular weight is 196 g/mol. The van der Waals surface area contributed by atoms with Crippen molar-refractivity contribution in [2.75, 3.05) is 7.11 Å². The first-order chi connectivity index (χ1) is 6.24. The minimum atomic E-state index is -1.21. The normalized spacial score (nSPS) is 6.71. The Balaban J connectivity index is 0. The number of allylic oxidation sites excluding steroid dienone is 2. The van der Waals surface area contributed by atoms with Gasteiger partial charge in [-0.3, -0.25) is 0 Å². The van der Waals surface area contributed by atoms with Crippen molar-refractivity contribution in [1.82, 2.24) is 0 Å². The molecule has 0 atom stereocenters. The van der Waals surface area contributed by atoms with Crippen molar-refractivity contribution in [1.29, 1.82) is 21.0 Å². The van der Waals surface area contributed by atoms with Crippen LogP contribution in [-0.2, 0) is 4.74 Å². The summed E-state index contributed by atoms with van der Waals surface area (Å²) in [5, 5.41) is 33.8. The van der Waals surface area contributed by atoms with E-state index in [0.717, 1.165) is 0 Å². The summed E-state index contributed by atoms with van der Waals surface area (Å²) in [5.41, 5.74) is -0.351. The van der Waals surface area contributed by atoms with E-state index >= 15 is 0 Å². The third-order valence-electron chi connectivity index (χ3n) is 1.21. The van der Waals surface area contributed by atoms with E-state index in [4.69, 9.17) is 21.0 Å². The Morgan fingerprint density at radius 3 is 1.71 bits per heavy atom. The number of nitrogens with zero attached hydrogens (tertiary/aromatic N) is 4. The number of hydrogen-bond acceptors (Lipinski definition) is 5. The van der Waals surface area contributed by atoms with Gasteiger partial charge in [0.25, 0.3) is 0 Å². The first kappa shape index (κ1) is 15.0. The van der Waals surface area contributed by atoms with Crippen molar-refractivity contribution in [2.45, 2.75) is 0 Å². The second-order valence-electron chi connectivity index (χ2n) is 1.86. The van der Waals surface area contributed by atoms with E-state index < -0.39 is 5.92 Å². The van der Waals surface area contributed by atoms with Crippen LogP contribution >= 0.6 is 0 Å². The van der Waals surface area contributed by atoms with Gasteiger partial charge in [0.2, 0.25) is 0 Å². The summed E-state index contributed by atoms with van der Waals surface area (Å²) in [6, 6.07) is 6.30. The van der Waals surface area contributed by atoms with Crippen molar-refractivity contribution in [3.05, 3.63) is 11.3 Å². The fourth-order valence-electron chi connectivity index (χ4n) is 0.646. The van der Waals surface area contributed by atoms with Crippen LogP contribution in [0, 0.1) is 51.2 Å². The zero-order valence-electron chi connectivity index (χ0n) is 6.77. The van der Waals surface area contributed by atoms with Crippen LogP contribution in [0.3, 0.4) is 0 Å². The predicted molar refractivity (Wildman–Crippen MR) is 47.1 cm³/mol. The molecule has 64 valence electrons. The molecule has 0 saturated heterocycles. The summed E-state index contributed by atoms with van der Waals surface area (Å²) in [5.74, 6) is -1.41. The number of ether oxygens (including phenoxy) is 1. The fourth-order valence-corrected chi connectivity index (χ4v) is 0.646. The van der Waals surface area contributed by atoms with E-state index in [9.17, 15) is 0 Å². The first-order valence-electron chi connectivity index (χ1n) is 3.12. The van der Waals surface area contributed by atoms with Gasteiger partial charge in [0.1, 0.15) is 12.1 Å². The molecular formula is C8H5N4NaO. The maximum atomic E-state index is 8.46. The molecule has 0 N–H and O–H groups in total. The monoisotopic (exact) mass is 196 g/mol. The Labute approximate surface area is 104 Å². The van der Waals surface area contributed by atoms with Gasteiger partial charge in [0.15, 0.2) is 17.3 Å². The Morgan fingerprint density at radius 2 is 1.50 bits per heavy atom. The van der Waals surface area contributed by atoms with Gasteiger partial charge in [-0.25, -0.2) is 0 Å². The van der Waals surface area contributed by atoms with Crippen LogP contribution in [0.5, 0.6) is 0 Å². The molecule has 0 aliphatic carbocycles. The standard InChI is InChI=1S/C8H4N4O.Na.H/c1-13-8(6(2-9)3-10)7(4-11)5-12;;/h6H,1H3;;. The van der Waals surface area contributed by atoms with E-state index in [0.29, 0.717) is 0 Å². The fraction of sp³-hybridized carbons (Fsp3) is 0.250. The van der Waals surface area contributed by atoms with Crippen LogP contribution in [0.2, 0.25) is 0 Å². The van der Waals surface area contributed by atoms with Gasteiger partial charge >= 0.3 is 29.6 Å². The second kappa shape index (κ2) is 8.11. The summed E-state index contributed by atoms with van der Waals surface area (Å²) in [7, 11) is 1.20. The van der Waals surface area contributed by atoms with Gasteiger partial charge in [-0.05, 0) is 0 Å². The van der Waals surface area contributed by atoms with E-state index in [1.54, 1.807) is 24.3 Å². The third-order valence-corrected chi connectivity index (χ3v) is 1.21. The third kappa shape index (κ3) is 3.48. The molecule has 0 saturated carbocycles. The molecular weight excluding hydrogens is 191 g/mol. The Kier molecular flexibility index (Phi) is 8.69. The van der Waals surface area contributed by atoms with Gasteiger partial charge in [-0.1, -0.05) is 0 Å². The molecule has 0 heterocycles. The molecule has 0 aromatic rings. The van der Waals surface area contributed by atoms with Crippen LogP contribution in [0.1, 0.15) is 0 Å². The molecule has 0 rings (SSSR count). The van der Waals surface area contributed by atoms with E-state index in [1.165, 1.54) is 7.11 Å². The van der Waals surface area contributed by atoms with Gasteiger partial charge in [-0.2, -0.15) is 21.0 Å². The molecule has 14 heavy (non-hydrogen) atoms. The molecule has 6 heteroatoms. The van der Waals surface area contributed by atoms with Crippen LogP contribution in [0.4, 0.5) is 0 Å². The molecule has 0 fully saturated rings. The van der Waals surface area contributed by atoms with E-state index in [2.05, 4.69) is 4.74 Å². The second-order valence-corrected chi connectivity index (χ2v) is 1.86. The van der Waals surface area contributed by atoms with Crippen LogP contribution in [0.15, 0.2) is 11.3 Å². The summed E-state index contributed by atoms with van der Waals surface area (Å²) >= 11 is 0. The number of nitriles is 4. The zero-order valence-corrected chi connectivity index (χ0v) is 6.77. The number of methoxy groups -OCH3 is 1. The first-order valence-corrected chi connectivity index (χ1v) is 3.12. The Bertz CT molecular complexity index is 358. The Morgan fingerprint density at radius 1 is 1.07 bits per heavy atom. The minimum absolute atomic E-state index is 0. The van der Waals surface area contributed by atoms with E-state index in [1.807, 2.05) is 0 Å². The van der Waals surface area contributed by atoms with Gasteiger partial charge in [0.05, 0.1) is 19.2 Å². The topological polar surface area (TPSA) is 104 Å². The quantitative estimate of drug-likeness (QED) is 0.349. The molecule has 5 nitrogen and oxygen atoms in total. The van der Waals surface area contributed by atoms with Gasteiger partial charge in [0, 0.05) is 0 Å². The van der Waals surface area contributed by atoms with Crippen LogP contribution < -0.4 is 0 Å². The maximum absolute atomic E-state index is 8.46. The molecule has 0 bridgehead atoms. The SMILES string of the molecule is COC(=C(C#N)C#N)C(C#N)C#N.[NaH]. The van der Waals surface area contributed by atoms with Crippen molar-refractivity contribution in [3.8, 4) is 24.3 Å². The molecule has 0 unspecified atom stereocenters.